The van der Waals surface area contributed by atoms with Gasteiger partial charge in [-0.1, -0.05) is 22.4 Å². The summed E-state index contributed by atoms with van der Waals surface area (Å²) in [6, 6.07) is 4.77. The first-order chi connectivity index (χ1) is 10.3. The second-order valence-electron chi connectivity index (χ2n) is 6.15. The molecule has 4 rings (SSSR count). The Kier molecular flexibility index (Phi) is 6.87. The summed E-state index contributed by atoms with van der Waals surface area (Å²) >= 11 is 3.76. The van der Waals surface area contributed by atoms with Crippen molar-refractivity contribution in [3.8, 4) is 11.5 Å². The van der Waals surface area contributed by atoms with Crippen LogP contribution in [0, 0.1) is 5.92 Å². The van der Waals surface area contributed by atoms with Crippen molar-refractivity contribution in [1.29, 1.82) is 0 Å². The van der Waals surface area contributed by atoms with Gasteiger partial charge in [0.25, 0.3) is 0 Å². The van der Waals surface area contributed by atoms with Gasteiger partial charge >= 0.3 is 0 Å². The molecule has 1 aromatic carbocycles. The number of hydrogen-bond donors (Lipinski definition) is 1. The van der Waals surface area contributed by atoms with E-state index in [2.05, 4.69) is 38.3 Å². The van der Waals surface area contributed by atoms with E-state index in [-0.39, 0.29) is 24.8 Å². The van der Waals surface area contributed by atoms with Gasteiger partial charge in [-0.15, -0.1) is 24.8 Å². The highest BCUT2D eigenvalue weighted by atomic mass is 79.9. The van der Waals surface area contributed by atoms with Crippen molar-refractivity contribution in [2.75, 3.05) is 33.0 Å². The molecule has 7 heteroatoms. The minimum absolute atomic E-state index is 0. The van der Waals surface area contributed by atoms with Crippen LogP contribution in [-0.4, -0.2) is 37.9 Å². The predicted octanol–water partition coefficient (Wildman–Crippen LogP) is 3.77. The summed E-state index contributed by atoms with van der Waals surface area (Å²) in [4.78, 5) is 2.64. The third-order valence-corrected chi connectivity index (χ3v) is 5.64. The van der Waals surface area contributed by atoms with Gasteiger partial charge in [-0.2, -0.15) is 0 Å². The summed E-state index contributed by atoms with van der Waals surface area (Å²) in [6.07, 6.45) is 4.06. The Morgan fingerprint density at radius 1 is 1.09 bits per heavy atom. The molecule has 2 fully saturated rings. The van der Waals surface area contributed by atoms with Crippen LogP contribution in [-0.2, 0) is 0 Å². The minimum Gasteiger partial charge on any atom is -0.454 e. The zero-order valence-electron chi connectivity index (χ0n) is 12.9. The maximum absolute atomic E-state index is 5.59. The third-order valence-electron chi connectivity index (χ3n) is 4.95. The van der Waals surface area contributed by atoms with Crippen LogP contribution in [0.2, 0.25) is 0 Å². The zero-order chi connectivity index (χ0) is 14.2. The fraction of sp³-hybridized carbons (Fsp3) is 0.625. The summed E-state index contributed by atoms with van der Waals surface area (Å²) < 4.78 is 12.2. The monoisotopic (exact) mass is 424 g/mol. The lowest BCUT2D eigenvalue weighted by Crippen LogP contribution is -2.47. The maximum atomic E-state index is 5.59. The van der Waals surface area contributed by atoms with E-state index in [9.17, 15) is 0 Å². The molecule has 0 unspecified atom stereocenters. The molecule has 0 radical (unpaired) electrons. The first kappa shape index (κ1) is 19.1. The van der Waals surface area contributed by atoms with Crippen LogP contribution < -0.4 is 14.8 Å². The fourth-order valence-corrected chi connectivity index (χ4v) is 4.18. The molecule has 1 N–H and O–H groups in total. The van der Waals surface area contributed by atoms with Gasteiger partial charge in [0.1, 0.15) is 0 Å². The van der Waals surface area contributed by atoms with E-state index in [0.717, 1.165) is 48.1 Å². The first-order valence-corrected chi connectivity index (χ1v) is 8.66. The molecule has 1 saturated carbocycles. The molecule has 1 aliphatic carbocycles. The summed E-state index contributed by atoms with van der Waals surface area (Å²) in [5, 5.41) is 3.45. The standard InChI is InChI=1S/C16H21BrN2O2.2ClH/c17-13-9-15-14(20-10-21-15)8-12(13)16(11-2-1-3-11)19-6-4-18-5-7-19;;/h8-9,11,16,18H,1-7,10H2;2*1H/t16-;;/m1../s1. The number of benzene rings is 1. The Bertz CT molecular complexity index is 537. The van der Waals surface area contributed by atoms with Gasteiger partial charge in [-0.05, 0) is 36.5 Å². The number of nitrogens with zero attached hydrogens (tertiary/aromatic N) is 1. The smallest absolute Gasteiger partial charge is 0.231 e. The van der Waals surface area contributed by atoms with E-state index in [1.54, 1.807) is 0 Å². The number of halogens is 3. The summed E-state index contributed by atoms with van der Waals surface area (Å²) in [5.74, 6) is 2.53. The van der Waals surface area contributed by atoms with Gasteiger partial charge in [0, 0.05) is 36.7 Å². The average molecular weight is 426 g/mol. The van der Waals surface area contributed by atoms with Gasteiger partial charge in [-0.25, -0.2) is 0 Å². The summed E-state index contributed by atoms with van der Waals surface area (Å²) in [5.41, 5.74) is 1.37. The van der Waals surface area contributed by atoms with Gasteiger partial charge in [0.2, 0.25) is 6.79 Å². The van der Waals surface area contributed by atoms with Gasteiger partial charge in [0.15, 0.2) is 11.5 Å². The first-order valence-electron chi connectivity index (χ1n) is 7.87. The molecule has 0 bridgehead atoms. The molecule has 1 saturated heterocycles. The van der Waals surface area contributed by atoms with Crippen molar-refractivity contribution < 1.29 is 9.47 Å². The average Bonchev–Trinajstić information content (AvgIpc) is 2.90. The quantitative estimate of drug-likeness (QED) is 0.799. The Labute approximate surface area is 158 Å². The molecular weight excluding hydrogens is 403 g/mol. The highest BCUT2D eigenvalue weighted by Crippen LogP contribution is 2.47. The molecular formula is C16H23BrCl2N2O2. The number of fused-ring (bicyclic) bond motifs is 1. The van der Waals surface area contributed by atoms with Crippen LogP contribution in [0.1, 0.15) is 30.9 Å². The predicted molar refractivity (Wildman–Crippen MR) is 99.3 cm³/mol. The normalized spacial score (nSPS) is 21.8. The maximum Gasteiger partial charge on any atom is 0.231 e. The second-order valence-corrected chi connectivity index (χ2v) is 7.00. The van der Waals surface area contributed by atoms with E-state index in [1.165, 1.54) is 24.8 Å². The molecule has 0 aromatic heterocycles. The lowest BCUT2D eigenvalue weighted by molar-refractivity contribution is 0.0831. The lowest BCUT2D eigenvalue weighted by Gasteiger charge is -2.43. The highest BCUT2D eigenvalue weighted by molar-refractivity contribution is 9.10. The number of ether oxygens (including phenoxy) is 2. The van der Waals surface area contributed by atoms with Crippen LogP contribution in [0.5, 0.6) is 11.5 Å². The molecule has 1 aromatic rings. The molecule has 4 nitrogen and oxygen atoms in total. The van der Waals surface area contributed by atoms with Gasteiger partial charge < -0.3 is 14.8 Å². The number of hydrogen-bond acceptors (Lipinski definition) is 4. The molecule has 0 spiro atoms. The topological polar surface area (TPSA) is 33.7 Å². The molecule has 1 atom stereocenters. The molecule has 2 aliphatic heterocycles. The molecule has 2 heterocycles. The molecule has 0 amide bonds. The van der Waals surface area contributed by atoms with Crippen molar-refractivity contribution in [3.63, 3.8) is 0 Å². The van der Waals surface area contributed by atoms with E-state index in [4.69, 9.17) is 9.47 Å². The second kappa shape index (κ2) is 8.26. The van der Waals surface area contributed by atoms with Crippen LogP contribution in [0.4, 0.5) is 0 Å². The van der Waals surface area contributed by atoms with Crippen LogP contribution in [0.15, 0.2) is 16.6 Å². The highest BCUT2D eigenvalue weighted by Gasteiger charge is 2.35. The SMILES string of the molecule is Brc1cc2c(cc1[C@@H](C1CCC1)N1CCNCC1)OCO2.Cl.Cl. The fourth-order valence-electron chi connectivity index (χ4n) is 3.62. The minimum atomic E-state index is 0. The van der Waals surface area contributed by atoms with Crippen molar-refractivity contribution in [3.05, 3.63) is 22.2 Å². The van der Waals surface area contributed by atoms with Gasteiger partial charge in [0.05, 0.1) is 0 Å². The number of rotatable bonds is 3. The van der Waals surface area contributed by atoms with Crippen LogP contribution >= 0.6 is 40.7 Å². The lowest BCUT2D eigenvalue weighted by atomic mass is 9.76. The Balaban J connectivity index is 0.000000960. The number of piperazine rings is 1. The van der Waals surface area contributed by atoms with Crippen molar-refractivity contribution in [2.24, 2.45) is 5.92 Å². The third kappa shape index (κ3) is 3.74. The molecule has 3 aliphatic rings. The van der Waals surface area contributed by atoms with E-state index < -0.39 is 0 Å². The Hall–Kier alpha value is -0.200. The van der Waals surface area contributed by atoms with Crippen molar-refractivity contribution in [1.82, 2.24) is 10.2 Å². The number of nitrogens with one attached hydrogen (secondary N) is 1. The Morgan fingerprint density at radius 2 is 1.74 bits per heavy atom. The van der Waals surface area contributed by atoms with E-state index in [1.807, 2.05) is 0 Å². The zero-order valence-corrected chi connectivity index (χ0v) is 16.1. The van der Waals surface area contributed by atoms with Crippen molar-refractivity contribution >= 4 is 40.7 Å². The molecule has 130 valence electrons. The van der Waals surface area contributed by atoms with Gasteiger partial charge in [-0.3, -0.25) is 4.90 Å². The molecule has 23 heavy (non-hydrogen) atoms. The summed E-state index contributed by atoms with van der Waals surface area (Å²) in [7, 11) is 0. The largest absolute Gasteiger partial charge is 0.454 e. The van der Waals surface area contributed by atoms with Crippen LogP contribution in [0.25, 0.3) is 0 Å². The summed E-state index contributed by atoms with van der Waals surface area (Å²) in [6.45, 7) is 4.77. The van der Waals surface area contributed by atoms with Crippen LogP contribution in [0.3, 0.4) is 0 Å². The van der Waals surface area contributed by atoms with E-state index >= 15 is 0 Å². The van der Waals surface area contributed by atoms with Crippen molar-refractivity contribution in [2.45, 2.75) is 25.3 Å². The Morgan fingerprint density at radius 3 is 2.35 bits per heavy atom. The van der Waals surface area contributed by atoms with E-state index in [0.29, 0.717) is 12.8 Å².